The number of fused-ring (bicyclic) bond motifs is 1. The molecular formula is C14H15N3O2. The molecule has 5 nitrogen and oxygen atoms in total. The summed E-state index contributed by atoms with van der Waals surface area (Å²) in [7, 11) is 0. The molecular weight excluding hydrogens is 242 g/mol. The molecule has 2 rings (SSSR count). The van der Waals surface area contributed by atoms with Crippen molar-refractivity contribution in [3.05, 3.63) is 58.7 Å². The van der Waals surface area contributed by atoms with E-state index in [0.29, 0.717) is 12.2 Å². The monoisotopic (exact) mass is 257 g/mol. The summed E-state index contributed by atoms with van der Waals surface area (Å²) in [6.07, 6.45) is 7.53. The molecule has 0 spiro atoms. The largest absolute Gasteiger partial charge is 0.352 e. The summed E-state index contributed by atoms with van der Waals surface area (Å²) in [5.74, 6) is -0.389. The van der Waals surface area contributed by atoms with Gasteiger partial charge in [-0.15, -0.1) is 0 Å². The standard InChI is InChI=1S/C14H15N3O2/c1-2-3-5-8-15-13(18)11-10-16-12-7-4-6-9-17(12)14(11)19/h2-4,6-7,9-10H,5,8H2,1H3,(H,15,18)/b3-2+. The van der Waals surface area contributed by atoms with Crippen LogP contribution in [-0.4, -0.2) is 21.8 Å². The zero-order valence-electron chi connectivity index (χ0n) is 10.7. The number of nitrogens with one attached hydrogen (secondary N) is 1. The highest BCUT2D eigenvalue weighted by Crippen LogP contribution is 1.97. The minimum atomic E-state index is -0.389. The van der Waals surface area contributed by atoms with Crippen LogP contribution in [-0.2, 0) is 0 Å². The summed E-state index contributed by atoms with van der Waals surface area (Å²) in [5.41, 5.74) is 0.233. The number of allylic oxidation sites excluding steroid dienone is 1. The molecule has 0 saturated heterocycles. The number of hydrogen-bond acceptors (Lipinski definition) is 3. The van der Waals surface area contributed by atoms with Crippen LogP contribution >= 0.6 is 0 Å². The average Bonchev–Trinajstić information content (AvgIpc) is 2.44. The van der Waals surface area contributed by atoms with Crippen LogP contribution in [0, 0.1) is 0 Å². The Morgan fingerprint density at radius 1 is 1.47 bits per heavy atom. The predicted octanol–water partition coefficient (Wildman–Crippen LogP) is 1.39. The predicted molar refractivity (Wildman–Crippen MR) is 73.2 cm³/mol. The van der Waals surface area contributed by atoms with E-state index >= 15 is 0 Å². The molecule has 0 aliphatic carbocycles. The van der Waals surface area contributed by atoms with Gasteiger partial charge in [0.15, 0.2) is 0 Å². The van der Waals surface area contributed by atoms with Gasteiger partial charge < -0.3 is 5.32 Å². The van der Waals surface area contributed by atoms with Crippen LogP contribution in [0.5, 0.6) is 0 Å². The number of aromatic nitrogens is 2. The van der Waals surface area contributed by atoms with Crippen molar-refractivity contribution in [3.8, 4) is 0 Å². The lowest BCUT2D eigenvalue weighted by molar-refractivity contribution is 0.0952. The minimum absolute atomic E-state index is 0.0594. The quantitative estimate of drug-likeness (QED) is 0.665. The van der Waals surface area contributed by atoms with Crippen LogP contribution < -0.4 is 10.9 Å². The molecule has 0 saturated carbocycles. The Morgan fingerprint density at radius 3 is 3.11 bits per heavy atom. The van der Waals surface area contributed by atoms with Crippen molar-refractivity contribution in [1.29, 1.82) is 0 Å². The van der Waals surface area contributed by atoms with E-state index in [0.717, 1.165) is 6.42 Å². The number of nitrogens with zero attached hydrogens (tertiary/aromatic N) is 2. The van der Waals surface area contributed by atoms with Crippen molar-refractivity contribution >= 4 is 11.6 Å². The second kappa shape index (κ2) is 5.95. The molecule has 19 heavy (non-hydrogen) atoms. The molecule has 0 bridgehead atoms. The lowest BCUT2D eigenvalue weighted by atomic mass is 10.3. The van der Waals surface area contributed by atoms with Crippen LogP contribution in [0.2, 0.25) is 0 Å². The van der Waals surface area contributed by atoms with Crippen molar-refractivity contribution in [2.45, 2.75) is 13.3 Å². The van der Waals surface area contributed by atoms with Gasteiger partial charge in [0.25, 0.3) is 11.5 Å². The maximum absolute atomic E-state index is 12.1. The van der Waals surface area contributed by atoms with Crippen LogP contribution in [0.1, 0.15) is 23.7 Å². The van der Waals surface area contributed by atoms with E-state index in [1.807, 2.05) is 19.1 Å². The molecule has 2 heterocycles. The van der Waals surface area contributed by atoms with Gasteiger partial charge in [-0.2, -0.15) is 0 Å². The third-order valence-electron chi connectivity index (χ3n) is 2.69. The Morgan fingerprint density at radius 2 is 2.32 bits per heavy atom. The van der Waals surface area contributed by atoms with Gasteiger partial charge in [0.05, 0.1) is 0 Å². The van der Waals surface area contributed by atoms with Crippen LogP contribution in [0.4, 0.5) is 0 Å². The molecule has 2 aromatic heterocycles. The molecule has 98 valence electrons. The van der Waals surface area contributed by atoms with Crippen LogP contribution in [0.25, 0.3) is 5.65 Å². The number of carbonyl (C=O) groups is 1. The van der Waals surface area contributed by atoms with Gasteiger partial charge in [0.2, 0.25) is 0 Å². The molecule has 0 aliphatic rings. The molecule has 0 atom stereocenters. The fourth-order valence-corrected chi connectivity index (χ4v) is 1.71. The summed E-state index contributed by atoms with van der Waals surface area (Å²) in [6, 6.07) is 5.23. The van der Waals surface area contributed by atoms with E-state index in [1.165, 1.54) is 10.6 Å². The Balaban J connectivity index is 2.23. The first-order valence-electron chi connectivity index (χ1n) is 6.10. The van der Waals surface area contributed by atoms with Gasteiger partial charge >= 0.3 is 0 Å². The molecule has 0 aromatic carbocycles. The highest BCUT2D eigenvalue weighted by atomic mass is 16.2. The Kier molecular flexibility index (Phi) is 4.07. The number of pyridine rings is 1. The van der Waals surface area contributed by atoms with Crippen molar-refractivity contribution in [3.63, 3.8) is 0 Å². The van der Waals surface area contributed by atoms with Crippen molar-refractivity contribution < 1.29 is 4.79 Å². The number of hydrogen-bond donors (Lipinski definition) is 1. The number of carbonyl (C=O) groups excluding carboxylic acids is 1. The fourth-order valence-electron chi connectivity index (χ4n) is 1.71. The van der Waals surface area contributed by atoms with Gasteiger partial charge in [-0.1, -0.05) is 18.2 Å². The normalized spacial score (nSPS) is 11.0. The molecule has 2 aromatic rings. The van der Waals surface area contributed by atoms with Crippen molar-refractivity contribution in [2.75, 3.05) is 6.54 Å². The molecule has 0 fully saturated rings. The van der Waals surface area contributed by atoms with Crippen molar-refractivity contribution in [1.82, 2.24) is 14.7 Å². The second-order valence-electron chi connectivity index (χ2n) is 4.02. The van der Waals surface area contributed by atoms with Crippen molar-refractivity contribution in [2.24, 2.45) is 0 Å². The van der Waals surface area contributed by atoms with E-state index < -0.39 is 0 Å². The van der Waals surface area contributed by atoms with Gasteiger partial charge in [-0.05, 0) is 25.5 Å². The summed E-state index contributed by atoms with van der Waals surface area (Å²) in [5, 5.41) is 2.70. The van der Waals surface area contributed by atoms with Gasteiger partial charge in [0, 0.05) is 18.9 Å². The molecule has 0 unspecified atom stereocenters. The Bertz CT molecular complexity index is 674. The van der Waals surface area contributed by atoms with E-state index in [9.17, 15) is 9.59 Å². The Hall–Kier alpha value is -2.43. The molecule has 0 aliphatic heterocycles. The second-order valence-corrected chi connectivity index (χ2v) is 4.02. The lowest BCUT2D eigenvalue weighted by Gasteiger charge is -2.04. The molecule has 0 radical (unpaired) electrons. The maximum atomic E-state index is 12.1. The smallest absolute Gasteiger partial charge is 0.270 e. The maximum Gasteiger partial charge on any atom is 0.270 e. The summed E-state index contributed by atoms with van der Waals surface area (Å²) < 4.78 is 1.36. The summed E-state index contributed by atoms with van der Waals surface area (Å²) in [6.45, 7) is 2.42. The fraction of sp³-hybridized carbons (Fsp3) is 0.214. The zero-order valence-corrected chi connectivity index (χ0v) is 10.7. The lowest BCUT2D eigenvalue weighted by Crippen LogP contribution is -2.32. The third kappa shape index (κ3) is 2.88. The van der Waals surface area contributed by atoms with Crippen LogP contribution in [0.15, 0.2) is 47.5 Å². The van der Waals surface area contributed by atoms with E-state index in [4.69, 9.17) is 0 Å². The van der Waals surface area contributed by atoms with Gasteiger partial charge in [-0.25, -0.2) is 4.98 Å². The van der Waals surface area contributed by atoms with Gasteiger partial charge in [0.1, 0.15) is 11.2 Å². The summed E-state index contributed by atoms with van der Waals surface area (Å²) in [4.78, 5) is 28.1. The highest BCUT2D eigenvalue weighted by Gasteiger charge is 2.11. The minimum Gasteiger partial charge on any atom is -0.352 e. The number of rotatable bonds is 4. The van der Waals surface area contributed by atoms with E-state index in [2.05, 4.69) is 10.3 Å². The topological polar surface area (TPSA) is 63.5 Å². The Labute approximate surface area is 110 Å². The summed E-state index contributed by atoms with van der Waals surface area (Å²) >= 11 is 0. The third-order valence-corrected chi connectivity index (χ3v) is 2.69. The average molecular weight is 257 g/mol. The van der Waals surface area contributed by atoms with Gasteiger partial charge in [-0.3, -0.25) is 14.0 Å². The first-order valence-corrected chi connectivity index (χ1v) is 6.10. The van der Waals surface area contributed by atoms with E-state index in [1.54, 1.807) is 24.4 Å². The first-order chi connectivity index (χ1) is 9.24. The molecule has 1 N–H and O–H groups in total. The highest BCUT2D eigenvalue weighted by molar-refractivity contribution is 5.93. The number of amides is 1. The molecule has 5 heteroatoms. The first kappa shape index (κ1) is 13.0. The SMILES string of the molecule is C/C=C/CCNC(=O)c1cnc2ccccn2c1=O. The molecule has 1 amide bonds. The van der Waals surface area contributed by atoms with E-state index in [-0.39, 0.29) is 17.0 Å². The zero-order chi connectivity index (χ0) is 13.7. The van der Waals surface area contributed by atoms with Crippen LogP contribution in [0.3, 0.4) is 0 Å².